The summed E-state index contributed by atoms with van der Waals surface area (Å²) in [4.78, 5) is 0. The Morgan fingerprint density at radius 3 is 2.44 bits per heavy atom. The molecule has 0 saturated heterocycles. The fraction of sp³-hybridized carbons (Fsp3) is 0.154. The lowest BCUT2D eigenvalue weighted by Gasteiger charge is -2.25. The van der Waals surface area contributed by atoms with Gasteiger partial charge < -0.3 is 4.42 Å². The number of para-hydroxylation sites is 1. The molecule has 1 aliphatic rings. The molecule has 27 heavy (non-hydrogen) atoms. The van der Waals surface area contributed by atoms with E-state index in [0.29, 0.717) is 5.92 Å². The van der Waals surface area contributed by atoms with Crippen molar-refractivity contribution in [3.8, 4) is 0 Å². The van der Waals surface area contributed by atoms with Crippen LogP contribution in [-0.4, -0.2) is 0 Å². The SMILES string of the molecule is c1ccc2oc(C3CCCc4c3ccc3c4ccc4ccccc43)cc2c1. The van der Waals surface area contributed by atoms with Crippen LogP contribution in [0.5, 0.6) is 0 Å². The molecule has 1 heterocycles. The average Bonchev–Trinajstić information content (AvgIpc) is 3.17. The molecule has 0 aliphatic heterocycles. The Bertz CT molecular complexity index is 1280. The van der Waals surface area contributed by atoms with Crippen LogP contribution in [0.3, 0.4) is 0 Å². The molecule has 5 aromatic rings. The molecule has 6 rings (SSSR count). The van der Waals surface area contributed by atoms with Gasteiger partial charge in [-0.05, 0) is 64.1 Å². The Morgan fingerprint density at radius 1 is 0.704 bits per heavy atom. The van der Waals surface area contributed by atoms with Gasteiger partial charge in [0.05, 0.1) is 0 Å². The summed E-state index contributed by atoms with van der Waals surface area (Å²) < 4.78 is 6.25. The summed E-state index contributed by atoms with van der Waals surface area (Å²) in [5.41, 5.74) is 3.95. The van der Waals surface area contributed by atoms with Crippen LogP contribution in [0.2, 0.25) is 0 Å². The third kappa shape index (κ3) is 2.24. The van der Waals surface area contributed by atoms with Crippen molar-refractivity contribution in [2.24, 2.45) is 0 Å². The zero-order chi connectivity index (χ0) is 17.8. The number of hydrogen-bond acceptors (Lipinski definition) is 1. The lowest BCUT2D eigenvalue weighted by atomic mass is 9.79. The van der Waals surface area contributed by atoms with Crippen LogP contribution in [0.4, 0.5) is 0 Å². The van der Waals surface area contributed by atoms with Crippen molar-refractivity contribution in [1.29, 1.82) is 0 Å². The monoisotopic (exact) mass is 348 g/mol. The number of aryl methyl sites for hydroxylation is 1. The summed E-state index contributed by atoms with van der Waals surface area (Å²) in [5.74, 6) is 1.47. The van der Waals surface area contributed by atoms with E-state index in [9.17, 15) is 0 Å². The Hall–Kier alpha value is -3.06. The highest BCUT2D eigenvalue weighted by atomic mass is 16.3. The van der Waals surface area contributed by atoms with Crippen molar-refractivity contribution in [1.82, 2.24) is 0 Å². The second-order valence-corrected chi connectivity index (χ2v) is 7.65. The second kappa shape index (κ2) is 5.72. The standard InChI is InChI=1S/C26H20O/c1-3-8-19-17(6-1)12-13-22-20-9-5-10-24(23(20)15-14-21(19)22)26-16-18-7-2-4-11-25(18)27-26/h1-4,6-8,11-16,24H,5,9-10H2. The van der Waals surface area contributed by atoms with Crippen LogP contribution in [-0.2, 0) is 6.42 Å². The van der Waals surface area contributed by atoms with E-state index in [1.54, 1.807) is 0 Å². The lowest BCUT2D eigenvalue weighted by Crippen LogP contribution is -2.11. The molecule has 1 aromatic heterocycles. The zero-order valence-electron chi connectivity index (χ0n) is 15.1. The smallest absolute Gasteiger partial charge is 0.134 e. The van der Waals surface area contributed by atoms with Crippen molar-refractivity contribution in [3.63, 3.8) is 0 Å². The minimum atomic E-state index is 0.358. The predicted molar refractivity (Wildman–Crippen MR) is 112 cm³/mol. The van der Waals surface area contributed by atoms with E-state index in [2.05, 4.69) is 72.8 Å². The van der Waals surface area contributed by atoms with Gasteiger partial charge in [-0.1, -0.05) is 66.7 Å². The van der Waals surface area contributed by atoms with E-state index in [-0.39, 0.29) is 0 Å². The van der Waals surface area contributed by atoms with Crippen LogP contribution in [0.25, 0.3) is 32.5 Å². The molecule has 0 N–H and O–H groups in total. The van der Waals surface area contributed by atoms with Gasteiger partial charge in [-0.25, -0.2) is 0 Å². The van der Waals surface area contributed by atoms with Crippen molar-refractivity contribution < 1.29 is 4.42 Å². The van der Waals surface area contributed by atoms with Crippen LogP contribution >= 0.6 is 0 Å². The molecule has 0 radical (unpaired) electrons. The molecule has 1 nitrogen and oxygen atoms in total. The number of benzene rings is 4. The number of rotatable bonds is 1. The molecular weight excluding hydrogens is 328 g/mol. The van der Waals surface area contributed by atoms with Gasteiger partial charge >= 0.3 is 0 Å². The number of hydrogen-bond donors (Lipinski definition) is 0. The molecule has 0 bridgehead atoms. The summed E-state index contributed by atoms with van der Waals surface area (Å²) >= 11 is 0. The highest BCUT2D eigenvalue weighted by molar-refractivity contribution is 6.08. The Balaban J connectivity index is 1.57. The van der Waals surface area contributed by atoms with Crippen molar-refractivity contribution in [2.45, 2.75) is 25.2 Å². The van der Waals surface area contributed by atoms with Crippen LogP contribution in [0, 0.1) is 0 Å². The zero-order valence-corrected chi connectivity index (χ0v) is 15.1. The van der Waals surface area contributed by atoms with E-state index < -0.39 is 0 Å². The molecule has 130 valence electrons. The summed E-state index contributed by atoms with van der Waals surface area (Å²) in [5, 5.41) is 6.65. The van der Waals surface area contributed by atoms with E-state index in [1.165, 1.54) is 44.5 Å². The molecule has 0 saturated carbocycles. The summed E-state index contributed by atoms with van der Waals surface area (Å²) in [6.07, 6.45) is 3.52. The Morgan fingerprint density at radius 2 is 1.52 bits per heavy atom. The predicted octanol–water partition coefficient (Wildman–Crippen LogP) is 7.21. The first kappa shape index (κ1) is 15.0. The maximum Gasteiger partial charge on any atom is 0.134 e. The molecule has 0 fully saturated rings. The summed E-state index contributed by atoms with van der Waals surface area (Å²) in [6.45, 7) is 0. The highest BCUT2D eigenvalue weighted by Crippen LogP contribution is 2.42. The third-order valence-corrected chi connectivity index (χ3v) is 6.16. The van der Waals surface area contributed by atoms with Crippen molar-refractivity contribution >= 4 is 32.5 Å². The number of furan rings is 1. The average molecular weight is 348 g/mol. The largest absolute Gasteiger partial charge is 0.460 e. The van der Waals surface area contributed by atoms with E-state index in [0.717, 1.165) is 24.2 Å². The van der Waals surface area contributed by atoms with Gasteiger partial charge in [0.25, 0.3) is 0 Å². The maximum atomic E-state index is 6.25. The van der Waals surface area contributed by atoms with Gasteiger partial charge in [0.2, 0.25) is 0 Å². The minimum absolute atomic E-state index is 0.358. The Kier molecular flexibility index (Phi) is 3.19. The van der Waals surface area contributed by atoms with Crippen molar-refractivity contribution in [3.05, 3.63) is 95.7 Å². The molecule has 4 aromatic carbocycles. The maximum absolute atomic E-state index is 6.25. The first-order valence-corrected chi connectivity index (χ1v) is 9.80. The lowest BCUT2D eigenvalue weighted by molar-refractivity contribution is 0.483. The molecule has 1 heteroatoms. The topological polar surface area (TPSA) is 13.1 Å². The first-order chi connectivity index (χ1) is 13.4. The van der Waals surface area contributed by atoms with Gasteiger partial charge in [-0.2, -0.15) is 0 Å². The quantitative estimate of drug-likeness (QED) is 0.292. The summed E-state index contributed by atoms with van der Waals surface area (Å²) in [7, 11) is 0. The first-order valence-electron chi connectivity index (χ1n) is 9.80. The molecular formula is C26H20O. The Labute approximate surface area is 158 Å². The van der Waals surface area contributed by atoms with Crippen LogP contribution in [0.15, 0.2) is 83.3 Å². The normalized spacial score (nSPS) is 16.8. The van der Waals surface area contributed by atoms with E-state index >= 15 is 0 Å². The molecule has 0 spiro atoms. The molecule has 1 atom stereocenters. The van der Waals surface area contributed by atoms with Gasteiger partial charge in [-0.15, -0.1) is 0 Å². The van der Waals surface area contributed by atoms with Gasteiger partial charge in [0, 0.05) is 11.3 Å². The molecule has 0 amide bonds. The fourth-order valence-electron chi connectivity index (χ4n) is 4.88. The number of fused-ring (bicyclic) bond motifs is 6. The highest BCUT2D eigenvalue weighted by Gasteiger charge is 2.26. The van der Waals surface area contributed by atoms with Gasteiger partial charge in [0.15, 0.2) is 0 Å². The molecule has 1 aliphatic carbocycles. The van der Waals surface area contributed by atoms with E-state index in [1.807, 2.05) is 6.07 Å². The van der Waals surface area contributed by atoms with Crippen LogP contribution < -0.4 is 0 Å². The van der Waals surface area contributed by atoms with Crippen LogP contribution in [0.1, 0.15) is 35.6 Å². The van der Waals surface area contributed by atoms with E-state index in [4.69, 9.17) is 4.42 Å². The molecule has 1 unspecified atom stereocenters. The third-order valence-electron chi connectivity index (χ3n) is 6.16. The fourth-order valence-corrected chi connectivity index (χ4v) is 4.88. The van der Waals surface area contributed by atoms with Gasteiger partial charge in [0.1, 0.15) is 11.3 Å². The van der Waals surface area contributed by atoms with Crippen molar-refractivity contribution in [2.75, 3.05) is 0 Å². The second-order valence-electron chi connectivity index (χ2n) is 7.65. The minimum Gasteiger partial charge on any atom is -0.460 e. The van der Waals surface area contributed by atoms with Gasteiger partial charge in [-0.3, -0.25) is 0 Å². The summed E-state index contributed by atoms with van der Waals surface area (Å²) in [6, 6.07) is 28.5.